The number of nitrogens with zero attached hydrogens (tertiary/aromatic N) is 6. The number of hydrogen-bond acceptors (Lipinski definition) is 7. The Hall–Kier alpha value is -3.83. The highest BCUT2D eigenvalue weighted by atomic mass is 19.1. The van der Waals surface area contributed by atoms with E-state index in [9.17, 15) is 9.18 Å². The van der Waals surface area contributed by atoms with Gasteiger partial charge in [-0.2, -0.15) is 5.10 Å². The maximum atomic E-state index is 14.3. The van der Waals surface area contributed by atoms with E-state index in [2.05, 4.69) is 25.0 Å². The molecule has 2 aliphatic heterocycles. The van der Waals surface area contributed by atoms with E-state index in [0.29, 0.717) is 17.9 Å². The van der Waals surface area contributed by atoms with Crippen molar-refractivity contribution in [2.75, 3.05) is 39.3 Å². The number of ether oxygens (including phenoxy) is 1. The van der Waals surface area contributed by atoms with Gasteiger partial charge < -0.3 is 25.3 Å². The summed E-state index contributed by atoms with van der Waals surface area (Å²) in [6, 6.07) is 6.32. The maximum Gasteiger partial charge on any atom is 0.254 e. The van der Waals surface area contributed by atoms with Gasteiger partial charge in [-0.3, -0.25) is 9.48 Å². The summed E-state index contributed by atoms with van der Waals surface area (Å²) in [7, 11) is 0. The van der Waals surface area contributed by atoms with E-state index in [4.69, 9.17) is 10.5 Å². The Balaban J connectivity index is 1.06. The largest absolute Gasteiger partial charge is 0.490 e. The fourth-order valence-electron chi connectivity index (χ4n) is 5.59. The van der Waals surface area contributed by atoms with Crippen LogP contribution in [0.15, 0.2) is 49.2 Å². The first-order valence-corrected chi connectivity index (χ1v) is 13.6. The van der Waals surface area contributed by atoms with Crippen LogP contribution in [0.1, 0.15) is 42.1 Å². The molecule has 2 saturated heterocycles. The van der Waals surface area contributed by atoms with Crippen LogP contribution in [0.2, 0.25) is 0 Å². The molecule has 0 bridgehead atoms. The number of likely N-dealkylation sites (tertiary alicyclic amines) is 2. The van der Waals surface area contributed by atoms with Gasteiger partial charge in [0.2, 0.25) is 0 Å². The number of aromatic amines is 1. The zero-order valence-electron chi connectivity index (χ0n) is 21.8. The summed E-state index contributed by atoms with van der Waals surface area (Å²) in [6.45, 7) is 4.34. The molecule has 0 spiro atoms. The first-order chi connectivity index (χ1) is 19.1. The van der Waals surface area contributed by atoms with Crippen LogP contribution in [-0.4, -0.2) is 85.8 Å². The van der Waals surface area contributed by atoms with E-state index >= 15 is 0 Å². The van der Waals surface area contributed by atoms with Crippen molar-refractivity contribution in [1.29, 1.82) is 0 Å². The molecule has 5 heterocycles. The number of benzene rings is 1. The smallest absolute Gasteiger partial charge is 0.254 e. The van der Waals surface area contributed by atoms with Crippen molar-refractivity contribution in [3.05, 3.63) is 60.6 Å². The summed E-state index contributed by atoms with van der Waals surface area (Å²) in [6.07, 6.45) is 10.8. The molecule has 4 aromatic rings. The summed E-state index contributed by atoms with van der Waals surface area (Å²) in [5.41, 5.74) is 9.07. The molecule has 2 fully saturated rings. The van der Waals surface area contributed by atoms with Crippen molar-refractivity contribution >= 4 is 16.9 Å². The normalized spacial score (nSPS) is 17.6. The second kappa shape index (κ2) is 11.1. The highest BCUT2D eigenvalue weighted by Crippen LogP contribution is 2.27. The van der Waals surface area contributed by atoms with E-state index < -0.39 is 5.82 Å². The van der Waals surface area contributed by atoms with Gasteiger partial charge in [0.05, 0.1) is 17.9 Å². The molecule has 0 saturated carbocycles. The molecule has 11 heteroatoms. The third-order valence-corrected chi connectivity index (χ3v) is 7.69. The number of fused-ring (bicyclic) bond motifs is 1. The van der Waals surface area contributed by atoms with E-state index in [-0.39, 0.29) is 18.1 Å². The standard InChI is InChI=1S/C28H33FN8O2/c29-21-11-19(28(38)36-7-1-2-8-36)12-24(13-21)39-23-4-9-35(10-5-23)17-22(14-30)37-16-20(15-34-37)26-25-3-6-31-27(25)33-18-32-26/h3,6,11-13,15-16,18,22-23H,1-2,4-5,7-10,14,17,30H2,(H,31,32,33). The quantitative estimate of drug-likeness (QED) is 0.358. The van der Waals surface area contributed by atoms with Crippen LogP contribution in [0, 0.1) is 5.82 Å². The lowest BCUT2D eigenvalue weighted by Gasteiger charge is -2.34. The number of nitrogens with two attached hydrogens (primary N) is 1. The molecular formula is C28H33FN8O2. The molecule has 0 radical (unpaired) electrons. The Labute approximate surface area is 226 Å². The van der Waals surface area contributed by atoms with Crippen molar-refractivity contribution in [2.45, 2.75) is 37.8 Å². The zero-order valence-corrected chi connectivity index (χ0v) is 21.8. The van der Waals surface area contributed by atoms with Crippen molar-refractivity contribution in [1.82, 2.24) is 34.5 Å². The van der Waals surface area contributed by atoms with Gasteiger partial charge in [-0.25, -0.2) is 14.4 Å². The molecule has 3 N–H and O–H groups in total. The van der Waals surface area contributed by atoms with Crippen molar-refractivity contribution in [3.63, 3.8) is 0 Å². The average Bonchev–Trinajstić information content (AvgIpc) is 3.73. The SMILES string of the molecule is NCC(CN1CCC(Oc2cc(F)cc(C(=O)N3CCCC3)c2)CC1)n1cc(-c2ncnc3[nH]ccc23)cn1. The Kier molecular flexibility index (Phi) is 7.25. The average molecular weight is 533 g/mol. The summed E-state index contributed by atoms with van der Waals surface area (Å²) < 4.78 is 22.4. The first kappa shape index (κ1) is 25.4. The van der Waals surface area contributed by atoms with Gasteiger partial charge in [-0.15, -0.1) is 0 Å². The Bertz CT molecular complexity index is 1440. The van der Waals surface area contributed by atoms with Crippen molar-refractivity contribution < 1.29 is 13.9 Å². The van der Waals surface area contributed by atoms with E-state index in [1.165, 1.54) is 12.1 Å². The topological polar surface area (TPSA) is 118 Å². The Morgan fingerprint density at radius 1 is 1.15 bits per heavy atom. The maximum absolute atomic E-state index is 14.3. The third kappa shape index (κ3) is 5.50. The van der Waals surface area contributed by atoms with Gasteiger partial charge >= 0.3 is 0 Å². The fourth-order valence-corrected chi connectivity index (χ4v) is 5.59. The lowest BCUT2D eigenvalue weighted by Crippen LogP contribution is -2.42. The molecule has 10 nitrogen and oxygen atoms in total. The van der Waals surface area contributed by atoms with Crippen LogP contribution >= 0.6 is 0 Å². The number of carbonyl (C=O) groups excluding carboxylic acids is 1. The van der Waals surface area contributed by atoms with Gasteiger partial charge in [-0.1, -0.05) is 0 Å². The van der Waals surface area contributed by atoms with Crippen LogP contribution in [0.25, 0.3) is 22.3 Å². The van der Waals surface area contributed by atoms with E-state index in [1.807, 2.05) is 29.3 Å². The Morgan fingerprint density at radius 2 is 1.97 bits per heavy atom. The number of hydrogen-bond donors (Lipinski definition) is 2. The van der Waals surface area contributed by atoms with Crippen LogP contribution in [0.3, 0.4) is 0 Å². The number of nitrogens with one attached hydrogen (secondary N) is 1. The molecule has 39 heavy (non-hydrogen) atoms. The fraction of sp³-hybridized carbons (Fsp3) is 0.429. The van der Waals surface area contributed by atoms with Gasteiger partial charge in [0.15, 0.2) is 0 Å². The number of H-pyrrole nitrogens is 1. The predicted molar refractivity (Wildman–Crippen MR) is 145 cm³/mol. The second-order valence-electron chi connectivity index (χ2n) is 10.4. The zero-order chi connectivity index (χ0) is 26.8. The van der Waals surface area contributed by atoms with Gasteiger partial charge in [0.25, 0.3) is 5.91 Å². The van der Waals surface area contributed by atoms with Crippen LogP contribution in [0.4, 0.5) is 4.39 Å². The summed E-state index contributed by atoms with van der Waals surface area (Å²) in [5, 5.41) is 5.55. The molecule has 6 rings (SSSR count). The first-order valence-electron chi connectivity index (χ1n) is 13.6. The van der Waals surface area contributed by atoms with E-state index in [1.54, 1.807) is 17.3 Å². The summed E-state index contributed by atoms with van der Waals surface area (Å²) in [5.74, 6) is -0.157. The van der Waals surface area contributed by atoms with Crippen LogP contribution in [0.5, 0.6) is 5.75 Å². The van der Waals surface area contributed by atoms with Crippen LogP contribution < -0.4 is 10.5 Å². The second-order valence-corrected chi connectivity index (χ2v) is 10.4. The molecule has 1 aromatic carbocycles. The lowest BCUT2D eigenvalue weighted by atomic mass is 10.1. The number of halogens is 1. The van der Waals surface area contributed by atoms with Gasteiger partial charge in [0, 0.05) is 74.2 Å². The minimum atomic E-state index is -0.448. The molecule has 1 unspecified atom stereocenters. The monoisotopic (exact) mass is 532 g/mol. The van der Waals surface area contributed by atoms with E-state index in [0.717, 1.165) is 80.7 Å². The highest BCUT2D eigenvalue weighted by molar-refractivity contribution is 5.94. The van der Waals surface area contributed by atoms with Crippen molar-refractivity contribution in [3.8, 4) is 17.0 Å². The molecule has 204 valence electrons. The minimum Gasteiger partial charge on any atom is -0.490 e. The number of amides is 1. The molecule has 1 atom stereocenters. The number of aromatic nitrogens is 5. The van der Waals surface area contributed by atoms with Gasteiger partial charge in [-0.05, 0) is 43.9 Å². The minimum absolute atomic E-state index is 0.0159. The molecule has 1 amide bonds. The highest BCUT2D eigenvalue weighted by Gasteiger charge is 2.25. The molecule has 0 aliphatic carbocycles. The lowest BCUT2D eigenvalue weighted by molar-refractivity contribution is 0.0787. The van der Waals surface area contributed by atoms with Crippen LogP contribution in [-0.2, 0) is 0 Å². The number of carbonyl (C=O) groups is 1. The molecule has 3 aromatic heterocycles. The van der Waals surface area contributed by atoms with Gasteiger partial charge in [0.1, 0.15) is 29.6 Å². The number of piperidine rings is 1. The third-order valence-electron chi connectivity index (χ3n) is 7.69. The molecule has 2 aliphatic rings. The summed E-state index contributed by atoms with van der Waals surface area (Å²) in [4.78, 5) is 28.7. The predicted octanol–water partition coefficient (Wildman–Crippen LogP) is 3.24. The van der Waals surface area contributed by atoms with Crippen molar-refractivity contribution in [2.24, 2.45) is 5.73 Å². The Morgan fingerprint density at radius 3 is 2.77 bits per heavy atom. The summed E-state index contributed by atoms with van der Waals surface area (Å²) >= 11 is 0. The number of rotatable bonds is 8. The molecular weight excluding hydrogens is 499 g/mol.